The molecule has 1 aliphatic rings. The van der Waals surface area contributed by atoms with Crippen molar-refractivity contribution in [2.75, 3.05) is 221 Å². The largest absolute Gasteiger partial charge is 0.481 e. The van der Waals surface area contributed by atoms with Gasteiger partial charge >= 0.3 is 5.97 Å². The van der Waals surface area contributed by atoms with Crippen molar-refractivity contribution in [3.63, 3.8) is 0 Å². The second kappa shape index (κ2) is 78.0. The van der Waals surface area contributed by atoms with Crippen molar-refractivity contribution >= 4 is 149 Å². The van der Waals surface area contributed by atoms with E-state index in [0.29, 0.717) is 82.6 Å². The molecular formula is C88H152N22O29S3. The van der Waals surface area contributed by atoms with Crippen LogP contribution in [0.3, 0.4) is 0 Å². The molecule has 1 heterocycles. The van der Waals surface area contributed by atoms with Crippen LogP contribution in [-0.4, -0.2) is 401 Å². The Hall–Kier alpha value is -10.5. The van der Waals surface area contributed by atoms with Crippen LogP contribution in [0.1, 0.15) is 124 Å². The molecule has 0 aromatic heterocycles. The smallest absolute Gasteiger partial charge is 0.305 e. The number of amides is 15. The number of carboxylic acids is 1. The Balaban J connectivity index is 1.98. The molecular weight excluding hydrogens is 1930 g/mol. The first-order valence-electron chi connectivity index (χ1n) is 47.0. The van der Waals surface area contributed by atoms with E-state index in [4.69, 9.17) is 64.6 Å². The Morgan fingerprint density at radius 2 is 0.838 bits per heavy atom. The van der Waals surface area contributed by atoms with E-state index in [-0.39, 0.29) is 193 Å². The van der Waals surface area contributed by atoms with E-state index >= 15 is 0 Å². The third-order valence-electron chi connectivity index (χ3n) is 21.1. The summed E-state index contributed by atoms with van der Waals surface area (Å²) in [6.07, 6.45) is 1.98. The van der Waals surface area contributed by atoms with Crippen LogP contribution in [0.4, 0.5) is 0 Å². The molecule has 7 atom stereocenters. The molecule has 51 nitrogen and oxygen atoms in total. The molecule has 0 radical (unpaired) electrons. The number of primary amides is 1. The Bertz CT molecular complexity index is 4000. The molecule has 0 unspecified atom stereocenters. The summed E-state index contributed by atoms with van der Waals surface area (Å²) in [5.41, 5.74) is 16.7. The SMILES string of the molecule is C/C(=N/O)C(C)(C)NCCC(CCNC(=O)CCCC(=O)NCCOCCOCCOCCOCCOCCNC(=O)COCC(=O)NCCCC[C@@H]1NC(=O)CSC[C@@H](C(=O)NCCOCCOCCOCCNC(=O)COCC(N)=O)NC(=O)[C@H](Cc2ccccc2)NC(=O)[C@H](CS)NC(=O)[C@H](CC(=O)O)NC(=O)CNC(=O)[C@H](CCCN=C(N)N)NC(=O)[C@H](CS)NC1=O)CCNC(C)(C)/C(C)=N\O. The zero-order valence-corrected chi connectivity index (χ0v) is 84.7. The molecule has 1 saturated heterocycles. The molecule has 54 heteroatoms. The predicted molar refractivity (Wildman–Crippen MR) is 528 cm³/mol. The zero-order valence-electron chi connectivity index (χ0n) is 82.1. The Morgan fingerprint density at radius 1 is 0.444 bits per heavy atom. The van der Waals surface area contributed by atoms with Crippen molar-refractivity contribution in [2.24, 2.45) is 38.4 Å². The van der Waals surface area contributed by atoms with Gasteiger partial charge in [0.1, 0.15) is 68.7 Å². The summed E-state index contributed by atoms with van der Waals surface area (Å²) in [5, 5.41) is 78.0. The van der Waals surface area contributed by atoms with Gasteiger partial charge in [-0.1, -0.05) is 40.6 Å². The molecule has 15 amide bonds. The predicted octanol–water partition coefficient (Wildman–Crippen LogP) is -6.21. The van der Waals surface area contributed by atoms with Gasteiger partial charge in [0.15, 0.2) is 5.96 Å². The van der Waals surface area contributed by atoms with Crippen LogP contribution in [0, 0.1) is 5.92 Å². The number of guanidine groups is 1. The highest BCUT2D eigenvalue weighted by Crippen LogP contribution is 2.17. The highest BCUT2D eigenvalue weighted by molar-refractivity contribution is 8.00. The van der Waals surface area contributed by atoms with Crippen LogP contribution in [0.2, 0.25) is 0 Å². The van der Waals surface area contributed by atoms with E-state index in [0.717, 1.165) is 31.0 Å². The molecule has 142 heavy (non-hydrogen) atoms. The average molecular weight is 2080 g/mol. The van der Waals surface area contributed by atoms with Crippen LogP contribution in [-0.2, 0) is 131 Å². The van der Waals surface area contributed by atoms with E-state index in [2.05, 4.69) is 126 Å². The molecule has 1 aromatic rings. The second-order valence-electron chi connectivity index (χ2n) is 33.3. The number of unbranched alkanes of at least 4 members (excludes halogenated alkanes) is 1. The fraction of sp³-hybridized carbons (Fsp3) is 0.716. The van der Waals surface area contributed by atoms with Crippen molar-refractivity contribution in [3.8, 4) is 0 Å². The number of benzene rings is 1. The van der Waals surface area contributed by atoms with Crippen LogP contribution in [0.25, 0.3) is 0 Å². The number of aliphatic imine (C=N–C) groups is 1. The maximum absolute atomic E-state index is 14.6. The molecule has 1 aromatic carbocycles. The van der Waals surface area contributed by atoms with Crippen molar-refractivity contribution in [1.29, 1.82) is 0 Å². The van der Waals surface area contributed by atoms with Gasteiger partial charge in [0.2, 0.25) is 88.6 Å². The van der Waals surface area contributed by atoms with E-state index in [1.807, 2.05) is 27.7 Å². The highest BCUT2D eigenvalue weighted by Gasteiger charge is 2.35. The Kier molecular flexibility index (Phi) is 70.1. The number of thiol groups is 2. The summed E-state index contributed by atoms with van der Waals surface area (Å²) in [4.78, 5) is 216. The number of carbonyl (C=O) groups is 16. The van der Waals surface area contributed by atoms with Crippen LogP contribution in [0.15, 0.2) is 45.6 Å². The molecule has 0 saturated carbocycles. The van der Waals surface area contributed by atoms with Crippen LogP contribution < -0.4 is 102 Å². The minimum absolute atomic E-state index is 0.0208. The van der Waals surface area contributed by atoms with E-state index < -0.39 is 186 Å². The number of carbonyl (C=O) groups excluding carboxylic acids is 15. The number of rotatable bonds is 71. The average Bonchev–Trinajstić information content (AvgIpc) is 1.24. The number of nitrogens with two attached hydrogens (primary N) is 3. The van der Waals surface area contributed by atoms with Gasteiger partial charge < -0.3 is 165 Å². The quantitative estimate of drug-likeness (QED) is 0.00720. The van der Waals surface area contributed by atoms with Gasteiger partial charge in [-0.15, -0.1) is 11.8 Å². The molecule has 1 fully saturated rings. The molecule has 0 spiro atoms. The summed E-state index contributed by atoms with van der Waals surface area (Å²) in [6.45, 7) is 14.2. The monoisotopic (exact) mass is 2080 g/mol. The third kappa shape index (κ3) is 63.5. The first kappa shape index (κ1) is 128. The molecule has 806 valence electrons. The standard InChI is InChI=1S/C88H152N22O29S3/c1-59(109-128)87(3,4)100-26-21-61(22-27-101-88(5,6)60(2)110-129)20-25-93-71(112)18-12-19-72(113)94-28-32-130-36-41-135-44-46-137-47-45-136-42-38-132-34-30-96-76(117)54-139-53-74(115)92-23-11-10-16-64-81(123)106-67(55-140)84(126)104-63(17-13-24-98-86(90)91)79(121)99-50-73(114)103-66(49-78(119)120)83(125)107-68(56-141)85(127)105-65(48-62-14-8-7-9-15-62)82(124)108-69(57-142-58-77(118)102-64)80(122)97-31-35-133-39-43-134-40-37-131-33-29-95-75(116)52-138-51-70(89)111/h7-9,14-15,61,63-69,100-101,128-129,140-141H,10-13,16-58H2,1-6H3,(H2,89,111)(H,92,115)(H,93,112)(H,94,113)(H,95,116)(H,96,117)(H,97,122)(H,99,121)(H,102,118)(H,103,114)(H,104,126)(H,105,127)(H,106,123)(H,107,125)(H,108,124)(H,119,120)(H4,90,91,98)/b109-59-,110-60-/t63-,64-,65-,66-,67-,68-,69-/m0/s1. The second-order valence-corrected chi connectivity index (χ2v) is 35.1. The summed E-state index contributed by atoms with van der Waals surface area (Å²) >= 11 is 9.39. The van der Waals surface area contributed by atoms with Gasteiger partial charge in [-0.2, -0.15) is 25.3 Å². The topological polar surface area (TPSA) is 734 Å². The van der Waals surface area contributed by atoms with E-state index in [9.17, 15) is 92.2 Å². The van der Waals surface area contributed by atoms with Gasteiger partial charge in [0, 0.05) is 82.3 Å². The number of carboxylic acid groups (broad SMARTS) is 1. The summed E-state index contributed by atoms with van der Waals surface area (Å²) in [5.74, 6) is -14.6. The number of ether oxygens (including phenoxy) is 10. The minimum Gasteiger partial charge on any atom is -0.481 e. The number of thioether (sulfide) groups is 1. The fourth-order valence-electron chi connectivity index (χ4n) is 12.6. The molecule has 0 aliphatic carbocycles. The lowest BCUT2D eigenvalue weighted by Crippen LogP contribution is -2.60. The fourth-order valence-corrected chi connectivity index (χ4v) is 14.0. The van der Waals surface area contributed by atoms with Crippen molar-refractivity contribution in [3.05, 3.63) is 35.9 Å². The van der Waals surface area contributed by atoms with Gasteiger partial charge in [-0.05, 0) is 124 Å². The van der Waals surface area contributed by atoms with Gasteiger partial charge in [-0.3, -0.25) is 81.7 Å². The summed E-state index contributed by atoms with van der Waals surface area (Å²) < 4.78 is 54.4. The number of hydrogen-bond donors (Lipinski definition) is 24. The lowest BCUT2D eigenvalue weighted by molar-refractivity contribution is -0.141. The first-order valence-corrected chi connectivity index (χ1v) is 49.4. The van der Waals surface area contributed by atoms with Crippen LogP contribution >= 0.6 is 37.0 Å². The zero-order chi connectivity index (χ0) is 105. The van der Waals surface area contributed by atoms with Crippen molar-refractivity contribution in [1.82, 2.24) is 85.1 Å². The maximum atomic E-state index is 14.6. The maximum Gasteiger partial charge on any atom is 0.305 e. The Labute approximate surface area is 842 Å². The molecule has 1 aliphatic heterocycles. The number of hydrogen-bond acceptors (Lipinski definition) is 36. The molecule has 2 rings (SSSR count). The number of oxime groups is 2. The Morgan fingerprint density at radius 3 is 1.30 bits per heavy atom. The summed E-state index contributed by atoms with van der Waals surface area (Å²) in [6, 6.07) is -2.59. The van der Waals surface area contributed by atoms with E-state index in [1.165, 1.54) is 0 Å². The number of nitrogens with zero attached hydrogens (tertiary/aromatic N) is 3. The highest BCUT2D eigenvalue weighted by atomic mass is 32.2. The molecule has 25 N–H and O–H groups in total. The van der Waals surface area contributed by atoms with Gasteiger partial charge in [0.25, 0.3) is 0 Å². The number of aliphatic carboxylic acids is 1. The van der Waals surface area contributed by atoms with Crippen molar-refractivity contribution in [2.45, 2.75) is 178 Å². The van der Waals surface area contributed by atoms with Crippen LogP contribution in [0.5, 0.6) is 0 Å². The lowest BCUT2D eigenvalue weighted by Gasteiger charge is -2.28. The van der Waals surface area contributed by atoms with Crippen molar-refractivity contribution < 1.29 is 140 Å². The third-order valence-corrected chi connectivity index (χ3v) is 22.8. The minimum atomic E-state index is -1.88. The molecule has 0 bridgehead atoms. The first-order chi connectivity index (χ1) is 67.9. The lowest BCUT2D eigenvalue weighted by atomic mass is 9.94. The summed E-state index contributed by atoms with van der Waals surface area (Å²) in [7, 11) is 0. The van der Waals surface area contributed by atoms with Gasteiger partial charge in [-0.25, -0.2) is 0 Å². The normalized spacial score (nSPS) is 17.9. The van der Waals surface area contributed by atoms with Gasteiger partial charge in [0.05, 0.1) is 147 Å². The van der Waals surface area contributed by atoms with E-state index in [1.54, 1.807) is 44.2 Å². The number of nitrogens with one attached hydrogen (secondary N) is 16.